The fourth-order valence-corrected chi connectivity index (χ4v) is 2.49. The lowest BCUT2D eigenvalue weighted by molar-refractivity contribution is 0.614. The SMILES string of the molecule is [B]c1cc(CCCCC=C)c([B]O)cc1CCCCC=C. The second-order valence-electron chi connectivity index (χ2n) is 5.45. The molecule has 0 aliphatic carbocycles. The second kappa shape index (κ2) is 10.5. The molecule has 0 fully saturated rings. The average Bonchev–Trinajstić information content (AvgIpc) is 2.49. The quantitative estimate of drug-likeness (QED) is 0.375. The van der Waals surface area contributed by atoms with Crippen molar-refractivity contribution in [2.24, 2.45) is 0 Å². The van der Waals surface area contributed by atoms with E-state index in [2.05, 4.69) is 13.2 Å². The van der Waals surface area contributed by atoms with E-state index >= 15 is 0 Å². The Balaban J connectivity index is 2.66. The van der Waals surface area contributed by atoms with Crippen LogP contribution in [0.3, 0.4) is 0 Å². The number of allylic oxidation sites excluding steroid dienone is 2. The summed E-state index contributed by atoms with van der Waals surface area (Å²) >= 11 is 0. The molecule has 0 saturated heterocycles. The summed E-state index contributed by atoms with van der Waals surface area (Å²) in [6.45, 7) is 7.47. The van der Waals surface area contributed by atoms with Crippen molar-refractivity contribution >= 4 is 26.3 Å². The first-order valence-corrected chi connectivity index (χ1v) is 7.83. The highest BCUT2D eigenvalue weighted by Gasteiger charge is 2.08. The van der Waals surface area contributed by atoms with Gasteiger partial charge in [0.05, 0.1) is 0 Å². The largest absolute Gasteiger partial charge is 0.450 e. The molecule has 0 atom stereocenters. The fraction of sp³-hybridized carbons (Fsp3) is 0.444. The minimum absolute atomic E-state index is 0.845. The molecule has 1 aromatic carbocycles. The molecule has 1 rings (SSSR count). The molecule has 0 aliphatic heterocycles. The Morgan fingerprint density at radius 3 is 2.05 bits per heavy atom. The first-order chi connectivity index (χ1) is 10.2. The minimum atomic E-state index is 0.845. The monoisotopic (exact) mass is 279 g/mol. The standard InChI is InChI=1S/C18H25B2O/c1-3-5-7-9-11-15-14-18(20-21)16(13-17(15)19)12-10-8-6-4-2/h3-4,13-14,21H,1-2,5-12H2. The maximum Gasteiger partial charge on any atom is 0.327 e. The van der Waals surface area contributed by atoms with Crippen LogP contribution >= 0.6 is 0 Å². The normalized spacial score (nSPS) is 10.3. The number of unbranched alkanes of at least 4 members (excludes halogenated alkanes) is 4. The van der Waals surface area contributed by atoms with Crippen molar-refractivity contribution in [1.29, 1.82) is 0 Å². The van der Waals surface area contributed by atoms with E-state index in [1.165, 1.54) is 7.48 Å². The third-order valence-electron chi connectivity index (χ3n) is 3.75. The van der Waals surface area contributed by atoms with E-state index in [1.807, 2.05) is 24.3 Å². The van der Waals surface area contributed by atoms with Crippen molar-refractivity contribution < 1.29 is 5.02 Å². The molecule has 1 nitrogen and oxygen atoms in total. The van der Waals surface area contributed by atoms with Crippen molar-refractivity contribution in [2.75, 3.05) is 0 Å². The van der Waals surface area contributed by atoms with Gasteiger partial charge in [-0.15, -0.1) is 13.2 Å². The lowest BCUT2D eigenvalue weighted by Crippen LogP contribution is -2.25. The van der Waals surface area contributed by atoms with Crippen LogP contribution in [0.2, 0.25) is 0 Å². The number of hydrogen-bond acceptors (Lipinski definition) is 1. The third kappa shape index (κ3) is 6.39. The molecule has 0 spiro atoms. The van der Waals surface area contributed by atoms with Crippen molar-refractivity contribution in [3.8, 4) is 0 Å². The Hall–Kier alpha value is -1.21. The van der Waals surface area contributed by atoms with Gasteiger partial charge in [0.15, 0.2) is 0 Å². The zero-order valence-corrected chi connectivity index (χ0v) is 13.0. The van der Waals surface area contributed by atoms with Crippen molar-refractivity contribution in [2.45, 2.75) is 51.4 Å². The summed E-state index contributed by atoms with van der Waals surface area (Å²) in [5.41, 5.74) is 4.02. The van der Waals surface area contributed by atoms with Crippen molar-refractivity contribution in [3.63, 3.8) is 0 Å². The van der Waals surface area contributed by atoms with Gasteiger partial charge in [-0.2, -0.15) is 0 Å². The third-order valence-corrected chi connectivity index (χ3v) is 3.75. The molecule has 0 aromatic heterocycles. The summed E-state index contributed by atoms with van der Waals surface area (Å²) in [6.07, 6.45) is 12.3. The van der Waals surface area contributed by atoms with Gasteiger partial charge in [-0.25, -0.2) is 0 Å². The van der Waals surface area contributed by atoms with Gasteiger partial charge in [-0.3, -0.25) is 0 Å². The van der Waals surface area contributed by atoms with Crippen molar-refractivity contribution in [3.05, 3.63) is 48.6 Å². The highest BCUT2D eigenvalue weighted by atomic mass is 16.2. The maximum atomic E-state index is 9.45. The van der Waals surface area contributed by atoms with E-state index in [0.29, 0.717) is 0 Å². The van der Waals surface area contributed by atoms with E-state index in [9.17, 15) is 5.02 Å². The zero-order valence-electron chi connectivity index (χ0n) is 13.0. The Labute approximate surface area is 131 Å². The van der Waals surface area contributed by atoms with Gasteiger partial charge in [0.1, 0.15) is 7.85 Å². The topological polar surface area (TPSA) is 20.2 Å². The van der Waals surface area contributed by atoms with Crippen LogP contribution in [0.1, 0.15) is 49.7 Å². The van der Waals surface area contributed by atoms with Gasteiger partial charge in [-0.05, 0) is 51.4 Å². The van der Waals surface area contributed by atoms with Crippen LogP contribution in [0.15, 0.2) is 37.4 Å². The molecular weight excluding hydrogens is 254 g/mol. The molecule has 3 radical (unpaired) electrons. The van der Waals surface area contributed by atoms with Crippen LogP contribution in [0, 0.1) is 0 Å². The highest BCUT2D eigenvalue weighted by molar-refractivity contribution is 6.47. The van der Waals surface area contributed by atoms with Crippen LogP contribution in [-0.4, -0.2) is 20.4 Å². The van der Waals surface area contributed by atoms with Crippen LogP contribution in [0.5, 0.6) is 0 Å². The molecule has 0 bridgehead atoms. The van der Waals surface area contributed by atoms with E-state index < -0.39 is 0 Å². The molecule has 0 saturated carbocycles. The van der Waals surface area contributed by atoms with E-state index in [-0.39, 0.29) is 0 Å². The first-order valence-electron chi connectivity index (χ1n) is 7.83. The Morgan fingerprint density at radius 1 is 0.952 bits per heavy atom. The fourth-order valence-electron chi connectivity index (χ4n) is 2.49. The number of benzene rings is 1. The Kier molecular flexibility index (Phi) is 8.93. The van der Waals surface area contributed by atoms with Gasteiger partial charge in [-0.1, -0.05) is 46.3 Å². The average molecular weight is 279 g/mol. The summed E-state index contributed by atoms with van der Waals surface area (Å²) < 4.78 is 0. The Bertz CT molecular complexity index is 455. The van der Waals surface area contributed by atoms with Gasteiger partial charge < -0.3 is 5.02 Å². The summed E-state index contributed by atoms with van der Waals surface area (Å²) in [6, 6.07) is 4.06. The summed E-state index contributed by atoms with van der Waals surface area (Å²) in [4.78, 5) is 0. The minimum Gasteiger partial charge on any atom is -0.450 e. The van der Waals surface area contributed by atoms with Gasteiger partial charge in [0.25, 0.3) is 0 Å². The molecular formula is C18H25B2O. The van der Waals surface area contributed by atoms with Crippen LogP contribution in [0.4, 0.5) is 0 Å². The van der Waals surface area contributed by atoms with Crippen LogP contribution in [0.25, 0.3) is 0 Å². The van der Waals surface area contributed by atoms with E-state index in [0.717, 1.165) is 73.4 Å². The predicted molar refractivity (Wildman–Crippen MR) is 94.9 cm³/mol. The zero-order chi connectivity index (χ0) is 15.5. The van der Waals surface area contributed by atoms with Crippen molar-refractivity contribution in [1.82, 2.24) is 0 Å². The molecule has 0 amide bonds. The molecule has 109 valence electrons. The first kappa shape index (κ1) is 17.8. The Morgan fingerprint density at radius 2 is 1.52 bits per heavy atom. The summed E-state index contributed by atoms with van der Waals surface area (Å²) in [5.74, 6) is 0. The van der Waals surface area contributed by atoms with E-state index in [1.54, 1.807) is 0 Å². The number of hydrogen-bond donors (Lipinski definition) is 1. The van der Waals surface area contributed by atoms with E-state index in [4.69, 9.17) is 7.85 Å². The lowest BCUT2D eigenvalue weighted by Gasteiger charge is -2.13. The summed E-state index contributed by atoms with van der Waals surface area (Å²) in [7, 11) is 7.36. The molecule has 1 N–H and O–H groups in total. The molecule has 1 aromatic rings. The lowest BCUT2D eigenvalue weighted by atomic mass is 9.76. The smallest absolute Gasteiger partial charge is 0.327 e. The van der Waals surface area contributed by atoms with Gasteiger partial charge in [0, 0.05) is 0 Å². The molecule has 0 heterocycles. The maximum absolute atomic E-state index is 9.45. The molecule has 3 heteroatoms. The van der Waals surface area contributed by atoms with Crippen LogP contribution in [-0.2, 0) is 12.8 Å². The number of rotatable bonds is 11. The van der Waals surface area contributed by atoms with Gasteiger partial charge in [0.2, 0.25) is 0 Å². The molecule has 0 aliphatic rings. The summed E-state index contributed by atoms with van der Waals surface area (Å²) in [5, 5.41) is 9.45. The predicted octanol–water partition coefficient (Wildman–Crippen LogP) is 2.51. The molecule has 0 unspecified atom stereocenters. The number of aryl methyl sites for hydroxylation is 2. The van der Waals surface area contributed by atoms with Crippen LogP contribution < -0.4 is 10.9 Å². The van der Waals surface area contributed by atoms with Gasteiger partial charge >= 0.3 is 7.48 Å². The highest BCUT2D eigenvalue weighted by Crippen LogP contribution is 2.09. The second-order valence-corrected chi connectivity index (χ2v) is 5.45. The molecule has 21 heavy (non-hydrogen) atoms.